The van der Waals surface area contributed by atoms with E-state index < -0.39 is 5.82 Å². The molecular weight excluding hydrogens is 313 g/mol. The van der Waals surface area contributed by atoms with Gasteiger partial charge in [-0.2, -0.15) is 0 Å². The van der Waals surface area contributed by atoms with Crippen LogP contribution in [0.25, 0.3) is 0 Å². The molecule has 0 aliphatic carbocycles. The summed E-state index contributed by atoms with van der Waals surface area (Å²) in [5.41, 5.74) is 0.0832. The number of rotatable bonds is 2. The van der Waals surface area contributed by atoms with Crippen LogP contribution in [0.2, 0.25) is 0 Å². The second-order valence-electron chi connectivity index (χ2n) is 5.06. The van der Waals surface area contributed by atoms with Gasteiger partial charge in [-0.25, -0.2) is 4.39 Å². The van der Waals surface area contributed by atoms with Crippen LogP contribution in [0.1, 0.15) is 30.1 Å². The third kappa shape index (κ3) is 3.15. The van der Waals surface area contributed by atoms with Crippen LogP contribution in [0.15, 0.2) is 22.7 Å². The lowest BCUT2D eigenvalue weighted by molar-refractivity contribution is 0.0484. The lowest BCUT2D eigenvalue weighted by Gasteiger charge is -2.37. The topological polar surface area (TPSA) is 40.5 Å². The highest BCUT2D eigenvalue weighted by Gasteiger charge is 2.30. The van der Waals surface area contributed by atoms with Crippen molar-refractivity contribution >= 4 is 21.8 Å². The summed E-state index contributed by atoms with van der Waals surface area (Å²) >= 11 is 3.25. The molecule has 5 heteroatoms. The smallest absolute Gasteiger partial charge is 0.257 e. The summed E-state index contributed by atoms with van der Waals surface area (Å²) in [5.74, 6) is -0.716. The number of carbonyl (C=O) groups excluding carboxylic acids is 1. The maximum absolute atomic E-state index is 13.8. The lowest BCUT2D eigenvalue weighted by atomic mass is 9.93. The predicted molar refractivity (Wildman–Crippen MR) is 74.4 cm³/mol. The Bertz CT molecular complexity index is 481. The van der Waals surface area contributed by atoms with Gasteiger partial charge in [0.2, 0.25) is 0 Å². The summed E-state index contributed by atoms with van der Waals surface area (Å²) in [5, 5.41) is 9.23. The number of piperidine rings is 1. The molecule has 0 spiro atoms. The van der Waals surface area contributed by atoms with Crippen molar-refractivity contribution in [2.75, 3.05) is 13.2 Å². The molecule has 1 N–H and O–H groups in total. The maximum atomic E-state index is 13.8. The third-order valence-corrected chi connectivity index (χ3v) is 4.15. The van der Waals surface area contributed by atoms with Crippen LogP contribution in [0.5, 0.6) is 0 Å². The van der Waals surface area contributed by atoms with E-state index in [1.807, 2.05) is 6.92 Å². The Morgan fingerprint density at radius 3 is 2.95 bits per heavy atom. The molecule has 2 unspecified atom stereocenters. The van der Waals surface area contributed by atoms with Gasteiger partial charge in [0.05, 0.1) is 5.56 Å². The number of benzene rings is 1. The average molecular weight is 330 g/mol. The number of hydrogen-bond acceptors (Lipinski definition) is 2. The van der Waals surface area contributed by atoms with Crippen molar-refractivity contribution in [1.82, 2.24) is 4.90 Å². The molecule has 1 heterocycles. The lowest BCUT2D eigenvalue weighted by Crippen LogP contribution is -2.46. The summed E-state index contributed by atoms with van der Waals surface area (Å²) < 4.78 is 14.4. The standard InChI is InChI=1S/C14H17BrFNO2/c1-9-2-3-10(8-18)7-17(9)14(19)12-6-11(15)4-5-13(12)16/h4-6,9-10,18H,2-3,7-8H2,1H3. The Labute approximate surface area is 120 Å². The van der Waals surface area contributed by atoms with Crippen molar-refractivity contribution in [2.45, 2.75) is 25.8 Å². The van der Waals surface area contributed by atoms with Crippen LogP contribution in [0, 0.1) is 11.7 Å². The van der Waals surface area contributed by atoms with Gasteiger partial charge in [-0.05, 0) is 43.9 Å². The van der Waals surface area contributed by atoms with Crippen molar-refractivity contribution in [1.29, 1.82) is 0 Å². The molecule has 1 fully saturated rings. The molecule has 1 aromatic rings. The molecule has 2 rings (SSSR count). The fourth-order valence-corrected chi connectivity index (χ4v) is 2.79. The number of amides is 1. The molecule has 0 saturated carbocycles. The maximum Gasteiger partial charge on any atom is 0.257 e. The first-order valence-electron chi connectivity index (χ1n) is 6.39. The van der Waals surface area contributed by atoms with Gasteiger partial charge in [-0.1, -0.05) is 15.9 Å². The van der Waals surface area contributed by atoms with Crippen molar-refractivity contribution in [3.8, 4) is 0 Å². The fraction of sp³-hybridized carbons (Fsp3) is 0.500. The van der Waals surface area contributed by atoms with E-state index in [1.165, 1.54) is 12.1 Å². The molecule has 3 nitrogen and oxygen atoms in total. The van der Waals surface area contributed by atoms with Gasteiger partial charge in [-0.15, -0.1) is 0 Å². The molecule has 1 aliphatic heterocycles. The van der Waals surface area contributed by atoms with Crippen LogP contribution in [-0.4, -0.2) is 35.1 Å². The molecule has 19 heavy (non-hydrogen) atoms. The first-order valence-corrected chi connectivity index (χ1v) is 7.19. The minimum Gasteiger partial charge on any atom is -0.396 e. The van der Waals surface area contributed by atoms with E-state index in [1.54, 1.807) is 11.0 Å². The zero-order valence-electron chi connectivity index (χ0n) is 10.8. The molecule has 1 saturated heterocycles. The van der Waals surface area contributed by atoms with E-state index >= 15 is 0 Å². The third-order valence-electron chi connectivity index (χ3n) is 3.66. The Hall–Kier alpha value is -0.940. The molecule has 104 valence electrons. The minimum atomic E-state index is -0.508. The van der Waals surface area contributed by atoms with Crippen molar-refractivity contribution in [2.24, 2.45) is 5.92 Å². The Balaban J connectivity index is 2.24. The highest BCUT2D eigenvalue weighted by atomic mass is 79.9. The van der Waals surface area contributed by atoms with Gasteiger partial charge in [0, 0.05) is 23.7 Å². The van der Waals surface area contributed by atoms with Gasteiger partial charge in [0.25, 0.3) is 5.91 Å². The van der Waals surface area contributed by atoms with Gasteiger partial charge < -0.3 is 10.0 Å². The number of likely N-dealkylation sites (tertiary alicyclic amines) is 1. The molecule has 1 aliphatic rings. The normalized spacial score (nSPS) is 23.5. The quantitative estimate of drug-likeness (QED) is 0.906. The van der Waals surface area contributed by atoms with Crippen LogP contribution in [0.4, 0.5) is 4.39 Å². The largest absolute Gasteiger partial charge is 0.396 e. The molecular formula is C14H17BrFNO2. The van der Waals surface area contributed by atoms with Crippen LogP contribution >= 0.6 is 15.9 Å². The second-order valence-corrected chi connectivity index (χ2v) is 5.97. The molecule has 1 aromatic carbocycles. The van der Waals surface area contributed by atoms with E-state index in [9.17, 15) is 14.3 Å². The predicted octanol–water partition coefficient (Wildman–Crippen LogP) is 2.82. The minimum absolute atomic E-state index is 0.0669. The Morgan fingerprint density at radius 2 is 2.26 bits per heavy atom. The van der Waals surface area contributed by atoms with E-state index in [2.05, 4.69) is 15.9 Å². The summed E-state index contributed by atoms with van der Waals surface area (Å²) in [6.07, 6.45) is 1.75. The molecule has 1 amide bonds. The monoisotopic (exact) mass is 329 g/mol. The van der Waals surface area contributed by atoms with Crippen LogP contribution < -0.4 is 0 Å². The Morgan fingerprint density at radius 1 is 1.53 bits per heavy atom. The van der Waals surface area contributed by atoms with Gasteiger partial charge in [0.1, 0.15) is 5.82 Å². The van der Waals surface area contributed by atoms with Crippen molar-refractivity contribution < 1.29 is 14.3 Å². The van der Waals surface area contributed by atoms with Crippen molar-refractivity contribution in [3.63, 3.8) is 0 Å². The van der Waals surface area contributed by atoms with Gasteiger partial charge in [-0.3, -0.25) is 4.79 Å². The zero-order chi connectivity index (χ0) is 14.0. The molecule has 0 aromatic heterocycles. The highest BCUT2D eigenvalue weighted by Crippen LogP contribution is 2.25. The molecule has 2 atom stereocenters. The zero-order valence-corrected chi connectivity index (χ0v) is 12.4. The van der Waals surface area contributed by atoms with Crippen molar-refractivity contribution in [3.05, 3.63) is 34.1 Å². The van der Waals surface area contributed by atoms with Gasteiger partial charge in [0.15, 0.2) is 0 Å². The molecule has 0 radical (unpaired) electrons. The first-order chi connectivity index (χ1) is 9.02. The van der Waals surface area contributed by atoms with Crippen LogP contribution in [-0.2, 0) is 0 Å². The Kier molecular flexibility index (Phi) is 4.58. The SMILES string of the molecule is CC1CCC(CO)CN1C(=O)c1cc(Br)ccc1F. The summed E-state index contributed by atoms with van der Waals surface area (Å²) in [6, 6.07) is 4.44. The number of aliphatic hydroxyl groups is 1. The van der Waals surface area contributed by atoms with E-state index in [4.69, 9.17) is 0 Å². The first kappa shape index (κ1) is 14.5. The van der Waals surface area contributed by atoms with Crippen LogP contribution in [0.3, 0.4) is 0 Å². The summed E-state index contributed by atoms with van der Waals surface area (Å²) in [4.78, 5) is 14.1. The second kappa shape index (κ2) is 6.01. The van der Waals surface area contributed by atoms with Gasteiger partial charge >= 0.3 is 0 Å². The number of aliphatic hydroxyl groups excluding tert-OH is 1. The number of carbonyl (C=O) groups is 1. The fourth-order valence-electron chi connectivity index (χ4n) is 2.43. The summed E-state index contributed by atoms with van der Waals surface area (Å²) in [6.45, 7) is 2.52. The number of halogens is 2. The number of hydrogen-bond donors (Lipinski definition) is 1. The summed E-state index contributed by atoms with van der Waals surface area (Å²) in [7, 11) is 0. The molecule has 0 bridgehead atoms. The average Bonchev–Trinajstić information content (AvgIpc) is 2.41. The van der Waals surface area contributed by atoms with E-state index in [0.29, 0.717) is 11.0 Å². The van der Waals surface area contributed by atoms with E-state index in [0.717, 1.165) is 12.8 Å². The van der Waals surface area contributed by atoms with E-state index in [-0.39, 0.29) is 30.0 Å². The highest BCUT2D eigenvalue weighted by molar-refractivity contribution is 9.10. The number of nitrogens with zero attached hydrogens (tertiary/aromatic N) is 1.